The van der Waals surface area contributed by atoms with Crippen LogP contribution in [0.15, 0.2) is 10.6 Å². The Morgan fingerprint density at radius 3 is 2.67 bits per heavy atom. The number of nitrogens with zero attached hydrogens (tertiary/aromatic N) is 2. The van der Waals surface area contributed by atoms with Crippen molar-refractivity contribution in [3.63, 3.8) is 0 Å². The number of esters is 1. The second-order valence-electron chi connectivity index (χ2n) is 9.78. The predicted molar refractivity (Wildman–Crippen MR) is 129 cm³/mol. The number of carbonyl (C=O) groups excluding carboxylic acids is 4. The maximum Gasteiger partial charge on any atom is 0.396 e. The fourth-order valence-electron chi connectivity index (χ4n) is 5.62. The fourth-order valence-corrected chi connectivity index (χ4v) is 7.10. The highest BCUT2D eigenvalue weighted by Crippen LogP contribution is 2.51. The topological polar surface area (TPSA) is 171 Å². The van der Waals surface area contributed by atoms with Crippen LogP contribution < -0.4 is 16.4 Å². The monoisotopic (exact) mass is 523 g/mol. The number of rotatable bonds is 7. The molecule has 4 aliphatic heterocycles. The van der Waals surface area contributed by atoms with Crippen LogP contribution in [-0.2, 0) is 28.7 Å². The first-order valence-electron chi connectivity index (χ1n) is 12.3. The smallest absolute Gasteiger partial charge is 0.396 e. The van der Waals surface area contributed by atoms with Crippen LogP contribution >= 0.6 is 11.8 Å². The summed E-state index contributed by atoms with van der Waals surface area (Å²) in [5, 5.41) is 15.7. The lowest BCUT2D eigenvalue weighted by molar-refractivity contribution is -0.160. The van der Waals surface area contributed by atoms with Gasteiger partial charge in [-0.1, -0.05) is 6.92 Å². The first-order chi connectivity index (χ1) is 17.0. The zero-order valence-corrected chi connectivity index (χ0v) is 21.4. The second kappa shape index (κ2) is 10.4. The molecule has 12 nitrogen and oxygen atoms in total. The van der Waals surface area contributed by atoms with Gasteiger partial charge in [0.2, 0.25) is 11.8 Å². The molecule has 0 aromatic heterocycles. The SMILES string of the molecule is CCOC(=O)C(=O)N[C@H](C)[C@H]1C(=O)N2C(C(=O)O)=C(S[C@@H]3CN[C@H](C(=O)N4CC[C@H](N)C4)C3)[C@H](C)[C@H]12. The Morgan fingerprint density at radius 1 is 1.33 bits per heavy atom. The van der Waals surface area contributed by atoms with Gasteiger partial charge in [-0.15, -0.1) is 11.8 Å². The first kappa shape index (κ1) is 26.4. The summed E-state index contributed by atoms with van der Waals surface area (Å²) in [5.74, 6) is -4.48. The third kappa shape index (κ3) is 4.71. The highest BCUT2D eigenvalue weighted by atomic mass is 32.2. The molecule has 198 valence electrons. The molecule has 0 bridgehead atoms. The number of ether oxygens (including phenoxy) is 1. The Bertz CT molecular complexity index is 1000. The molecule has 3 saturated heterocycles. The maximum absolute atomic E-state index is 13.0. The lowest BCUT2D eigenvalue weighted by Gasteiger charge is -2.47. The van der Waals surface area contributed by atoms with Crippen LogP contribution in [0, 0.1) is 11.8 Å². The van der Waals surface area contributed by atoms with Gasteiger partial charge in [0.1, 0.15) is 5.70 Å². The van der Waals surface area contributed by atoms with E-state index in [9.17, 15) is 29.1 Å². The summed E-state index contributed by atoms with van der Waals surface area (Å²) in [6, 6.07) is -1.47. The Morgan fingerprint density at radius 2 is 2.06 bits per heavy atom. The number of hydrogen-bond acceptors (Lipinski definition) is 9. The van der Waals surface area contributed by atoms with E-state index in [0.29, 0.717) is 31.0 Å². The van der Waals surface area contributed by atoms with Crippen molar-refractivity contribution >= 4 is 41.4 Å². The van der Waals surface area contributed by atoms with Crippen molar-refractivity contribution in [2.24, 2.45) is 17.6 Å². The van der Waals surface area contributed by atoms with Crippen molar-refractivity contribution in [1.82, 2.24) is 20.4 Å². The van der Waals surface area contributed by atoms with Crippen LogP contribution in [-0.4, -0.2) is 100 Å². The molecule has 13 heteroatoms. The van der Waals surface area contributed by atoms with Gasteiger partial charge in [0.15, 0.2) is 0 Å². The quantitative estimate of drug-likeness (QED) is 0.181. The molecular weight excluding hydrogens is 490 g/mol. The van der Waals surface area contributed by atoms with Gasteiger partial charge in [0, 0.05) is 47.8 Å². The lowest BCUT2D eigenvalue weighted by atomic mass is 9.78. The van der Waals surface area contributed by atoms with Gasteiger partial charge in [0.05, 0.1) is 24.6 Å². The molecule has 5 N–H and O–H groups in total. The second-order valence-corrected chi connectivity index (χ2v) is 11.1. The molecule has 0 saturated carbocycles. The summed E-state index contributed by atoms with van der Waals surface area (Å²) < 4.78 is 4.70. The molecule has 0 spiro atoms. The molecule has 0 aliphatic carbocycles. The van der Waals surface area contributed by atoms with E-state index in [-0.39, 0.29) is 41.5 Å². The van der Waals surface area contributed by atoms with Crippen LogP contribution in [0.2, 0.25) is 0 Å². The third-order valence-corrected chi connectivity index (χ3v) is 8.88. The molecule has 0 radical (unpaired) electrons. The number of β-lactam (4-membered cyclic amide) rings is 1. The van der Waals surface area contributed by atoms with E-state index in [2.05, 4.69) is 10.6 Å². The number of amides is 3. The molecule has 3 fully saturated rings. The van der Waals surface area contributed by atoms with Crippen LogP contribution in [0.4, 0.5) is 0 Å². The van der Waals surface area contributed by atoms with Crippen molar-refractivity contribution in [2.45, 2.75) is 63.0 Å². The Kier molecular flexibility index (Phi) is 7.62. The van der Waals surface area contributed by atoms with E-state index in [1.54, 1.807) is 18.7 Å². The number of aliphatic carboxylic acids is 1. The number of carbonyl (C=O) groups is 5. The maximum atomic E-state index is 13.0. The van der Waals surface area contributed by atoms with Gasteiger partial charge in [-0.3, -0.25) is 14.4 Å². The summed E-state index contributed by atoms with van der Waals surface area (Å²) in [5.41, 5.74) is 5.89. The molecule has 4 rings (SSSR count). The van der Waals surface area contributed by atoms with E-state index in [4.69, 9.17) is 10.5 Å². The minimum Gasteiger partial charge on any atom is -0.477 e. The number of nitrogens with one attached hydrogen (secondary N) is 2. The highest BCUT2D eigenvalue weighted by molar-refractivity contribution is 8.03. The Hall–Kier alpha value is -2.64. The molecule has 0 aromatic rings. The average molecular weight is 524 g/mol. The van der Waals surface area contributed by atoms with Crippen molar-refractivity contribution < 1.29 is 33.8 Å². The van der Waals surface area contributed by atoms with Crippen molar-refractivity contribution in [1.29, 1.82) is 0 Å². The average Bonchev–Trinajstić information content (AvgIpc) is 3.52. The van der Waals surface area contributed by atoms with Gasteiger partial charge in [-0.2, -0.15) is 0 Å². The van der Waals surface area contributed by atoms with Gasteiger partial charge < -0.3 is 36.0 Å². The lowest BCUT2D eigenvalue weighted by Crippen LogP contribution is -2.66. The van der Waals surface area contributed by atoms with Crippen molar-refractivity contribution in [3.8, 4) is 0 Å². The number of likely N-dealkylation sites (tertiary alicyclic amines) is 1. The molecule has 7 atom stereocenters. The number of carboxylic acids is 1. The van der Waals surface area contributed by atoms with E-state index < -0.39 is 41.8 Å². The van der Waals surface area contributed by atoms with E-state index in [1.165, 1.54) is 16.7 Å². The predicted octanol–water partition coefficient (Wildman–Crippen LogP) is -1.15. The number of thioether (sulfide) groups is 1. The first-order valence-corrected chi connectivity index (χ1v) is 13.2. The number of carboxylic acid groups (broad SMARTS) is 1. The molecule has 3 amide bonds. The molecule has 0 unspecified atom stereocenters. The zero-order chi connectivity index (χ0) is 26.3. The number of hydrogen-bond donors (Lipinski definition) is 4. The van der Waals surface area contributed by atoms with Gasteiger partial charge >= 0.3 is 17.8 Å². The van der Waals surface area contributed by atoms with Crippen LogP contribution in [0.5, 0.6) is 0 Å². The molecule has 0 aromatic carbocycles. The van der Waals surface area contributed by atoms with E-state index in [0.717, 1.165) is 6.42 Å². The van der Waals surface area contributed by atoms with Gasteiger partial charge in [-0.25, -0.2) is 9.59 Å². The summed E-state index contributed by atoms with van der Waals surface area (Å²) in [6.45, 7) is 6.86. The largest absolute Gasteiger partial charge is 0.477 e. The Labute approximate surface area is 213 Å². The molecule has 4 heterocycles. The zero-order valence-electron chi connectivity index (χ0n) is 20.6. The normalized spacial score (nSPS) is 32.3. The summed E-state index contributed by atoms with van der Waals surface area (Å²) in [7, 11) is 0. The molecule has 4 aliphatic rings. The van der Waals surface area contributed by atoms with Crippen LogP contribution in [0.25, 0.3) is 0 Å². The summed E-state index contributed by atoms with van der Waals surface area (Å²) >= 11 is 1.40. The van der Waals surface area contributed by atoms with Crippen molar-refractivity contribution in [2.75, 3.05) is 26.2 Å². The van der Waals surface area contributed by atoms with E-state index in [1.807, 2.05) is 6.92 Å². The standard InChI is InChI=1S/C23H33N5O7S/c1-4-35-23(34)19(29)26-11(3)15-16-10(2)18(17(22(32)33)28(16)21(15)31)36-13-7-14(25-8-13)20(30)27-6-5-12(24)9-27/h10-16,25H,4-9,24H2,1-3H3,(H,26,29)(H,32,33)/t10-,11-,12+,13+,14+,15-,16-/m1/s1. The number of fused-ring (bicyclic) bond motifs is 1. The molecular formula is C23H33N5O7S. The molecule has 36 heavy (non-hydrogen) atoms. The minimum atomic E-state index is -1.19. The minimum absolute atomic E-state index is 0.00242. The fraction of sp³-hybridized carbons (Fsp3) is 0.696. The third-order valence-electron chi connectivity index (χ3n) is 7.37. The Balaban J connectivity index is 1.42. The van der Waals surface area contributed by atoms with Crippen molar-refractivity contribution in [3.05, 3.63) is 10.6 Å². The summed E-state index contributed by atoms with van der Waals surface area (Å²) in [6.07, 6.45) is 1.33. The van der Waals surface area contributed by atoms with E-state index >= 15 is 0 Å². The van der Waals surface area contributed by atoms with Gasteiger partial charge in [0.25, 0.3) is 0 Å². The van der Waals surface area contributed by atoms with Gasteiger partial charge in [-0.05, 0) is 26.7 Å². The summed E-state index contributed by atoms with van der Waals surface area (Å²) in [4.78, 5) is 65.4. The number of nitrogens with two attached hydrogens (primary N) is 1. The highest BCUT2D eigenvalue weighted by Gasteiger charge is 2.60. The van der Waals surface area contributed by atoms with Crippen LogP contribution in [0.1, 0.15) is 33.6 Å². The van der Waals surface area contributed by atoms with Crippen LogP contribution in [0.3, 0.4) is 0 Å².